The highest BCUT2D eigenvalue weighted by Gasteiger charge is 2.12. The van der Waals surface area contributed by atoms with Gasteiger partial charge in [-0.3, -0.25) is 4.90 Å². The minimum Gasteiger partial charge on any atom is -0.487 e. The average molecular weight is 551 g/mol. The third-order valence-electron chi connectivity index (χ3n) is 6.19. The number of anilines is 3. The van der Waals surface area contributed by atoms with E-state index in [4.69, 9.17) is 21.1 Å². The molecule has 1 fully saturated rings. The molecule has 2 amide bonds. The number of benzene rings is 3. The molecule has 0 saturated carbocycles. The molecule has 0 bridgehead atoms. The third kappa shape index (κ3) is 7.32. The number of fused-ring (bicyclic) bond motifs is 1. The highest BCUT2D eigenvalue weighted by Crippen LogP contribution is 2.31. The Morgan fingerprint density at radius 2 is 1.90 bits per heavy atom. The van der Waals surface area contributed by atoms with Gasteiger partial charge < -0.3 is 25.4 Å². The van der Waals surface area contributed by atoms with E-state index in [1.54, 1.807) is 30.3 Å². The van der Waals surface area contributed by atoms with Gasteiger partial charge in [-0.05, 0) is 54.1 Å². The second kappa shape index (κ2) is 12.7. The van der Waals surface area contributed by atoms with Gasteiger partial charge in [0.1, 0.15) is 30.3 Å². The van der Waals surface area contributed by atoms with Crippen LogP contribution in [0, 0.1) is 5.82 Å². The van der Waals surface area contributed by atoms with Crippen molar-refractivity contribution >= 4 is 45.7 Å². The first-order valence-corrected chi connectivity index (χ1v) is 12.9. The zero-order valence-electron chi connectivity index (χ0n) is 21.1. The molecule has 1 aromatic heterocycles. The molecule has 0 spiro atoms. The first kappa shape index (κ1) is 26.6. The maximum atomic E-state index is 13.4. The molecular formula is C28H28ClFN6O3. The summed E-state index contributed by atoms with van der Waals surface area (Å²) in [5.74, 6) is 0.715. The number of rotatable bonds is 9. The van der Waals surface area contributed by atoms with Crippen LogP contribution in [0.4, 0.5) is 26.4 Å². The fraction of sp³-hybridized carbons (Fsp3) is 0.250. The van der Waals surface area contributed by atoms with Crippen molar-refractivity contribution in [3.8, 4) is 5.75 Å². The predicted octanol–water partition coefficient (Wildman–Crippen LogP) is 5.20. The summed E-state index contributed by atoms with van der Waals surface area (Å²) in [6.07, 6.45) is 1.47. The summed E-state index contributed by atoms with van der Waals surface area (Å²) >= 11 is 6.45. The summed E-state index contributed by atoms with van der Waals surface area (Å²) in [4.78, 5) is 23.4. The third-order valence-corrected chi connectivity index (χ3v) is 6.48. The van der Waals surface area contributed by atoms with Gasteiger partial charge in [0.2, 0.25) is 0 Å². The lowest BCUT2D eigenvalue weighted by Gasteiger charge is -2.26. The Labute approximate surface area is 230 Å². The number of carbonyl (C=O) groups is 1. The number of nitrogens with zero attached hydrogens (tertiary/aromatic N) is 3. The SMILES string of the molecule is O=C(NCCN1CCOCC1)Nc1ccc2ncnc(Nc3ccc(OCc4cccc(F)c4)c(Cl)c3)c2c1. The van der Waals surface area contributed by atoms with Crippen LogP contribution in [0.1, 0.15) is 5.56 Å². The van der Waals surface area contributed by atoms with Gasteiger partial charge in [0, 0.05) is 42.9 Å². The lowest BCUT2D eigenvalue weighted by atomic mass is 10.2. The molecule has 0 radical (unpaired) electrons. The number of halogens is 2. The van der Waals surface area contributed by atoms with Crippen LogP contribution in [0.3, 0.4) is 0 Å². The Morgan fingerprint density at radius 3 is 2.72 bits per heavy atom. The number of urea groups is 1. The maximum absolute atomic E-state index is 13.4. The molecule has 0 atom stereocenters. The molecule has 4 aromatic rings. The van der Waals surface area contributed by atoms with E-state index in [-0.39, 0.29) is 18.5 Å². The second-order valence-corrected chi connectivity index (χ2v) is 9.39. The molecule has 39 heavy (non-hydrogen) atoms. The summed E-state index contributed by atoms with van der Waals surface area (Å²) < 4.78 is 24.5. The summed E-state index contributed by atoms with van der Waals surface area (Å²) in [7, 11) is 0. The Hall–Kier alpha value is -3.99. The number of hydrogen-bond acceptors (Lipinski definition) is 7. The number of aromatic nitrogens is 2. The van der Waals surface area contributed by atoms with E-state index in [1.165, 1.54) is 18.5 Å². The maximum Gasteiger partial charge on any atom is 0.319 e. The van der Waals surface area contributed by atoms with E-state index in [0.29, 0.717) is 45.6 Å². The van der Waals surface area contributed by atoms with Gasteiger partial charge in [-0.1, -0.05) is 23.7 Å². The zero-order valence-corrected chi connectivity index (χ0v) is 21.9. The summed E-state index contributed by atoms with van der Waals surface area (Å²) in [6.45, 7) is 4.70. The Bertz CT molecular complexity index is 1450. The lowest BCUT2D eigenvalue weighted by Crippen LogP contribution is -2.42. The Balaban J connectivity index is 1.22. The van der Waals surface area contributed by atoms with E-state index in [0.717, 1.165) is 38.2 Å². The van der Waals surface area contributed by atoms with Crippen LogP contribution in [0.2, 0.25) is 5.02 Å². The average Bonchev–Trinajstić information content (AvgIpc) is 2.93. The molecule has 9 nitrogen and oxygen atoms in total. The van der Waals surface area contributed by atoms with Crippen LogP contribution in [0.5, 0.6) is 5.75 Å². The van der Waals surface area contributed by atoms with Crippen molar-refractivity contribution < 1.29 is 18.7 Å². The van der Waals surface area contributed by atoms with Gasteiger partial charge in [0.25, 0.3) is 0 Å². The normalized spacial score (nSPS) is 13.7. The van der Waals surface area contributed by atoms with Crippen LogP contribution >= 0.6 is 11.6 Å². The lowest BCUT2D eigenvalue weighted by molar-refractivity contribution is 0.0388. The van der Waals surface area contributed by atoms with Crippen molar-refractivity contribution in [1.82, 2.24) is 20.2 Å². The Morgan fingerprint density at radius 1 is 1.05 bits per heavy atom. The van der Waals surface area contributed by atoms with Crippen molar-refractivity contribution in [3.63, 3.8) is 0 Å². The molecule has 1 saturated heterocycles. The molecule has 202 valence electrons. The van der Waals surface area contributed by atoms with E-state index in [1.807, 2.05) is 18.2 Å². The number of ether oxygens (including phenoxy) is 2. The van der Waals surface area contributed by atoms with Crippen molar-refractivity contribution in [2.24, 2.45) is 0 Å². The smallest absolute Gasteiger partial charge is 0.319 e. The van der Waals surface area contributed by atoms with Gasteiger partial charge in [-0.25, -0.2) is 19.2 Å². The molecule has 1 aliphatic rings. The van der Waals surface area contributed by atoms with Crippen molar-refractivity contribution in [2.45, 2.75) is 6.61 Å². The molecule has 11 heteroatoms. The largest absolute Gasteiger partial charge is 0.487 e. The van der Waals surface area contributed by atoms with Gasteiger partial charge in [0.05, 0.1) is 23.8 Å². The van der Waals surface area contributed by atoms with E-state index in [2.05, 4.69) is 30.8 Å². The van der Waals surface area contributed by atoms with Crippen molar-refractivity contribution in [3.05, 3.63) is 83.4 Å². The molecule has 3 aromatic carbocycles. The van der Waals surface area contributed by atoms with Gasteiger partial charge in [-0.15, -0.1) is 0 Å². The number of carbonyl (C=O) groups excluding carboxylic acids is 1. The van der Waals surface area contributed by atoms with Crippen LogP contribution in [-0.4, -0.2) is 60.3 Å². The van der Waals surface area contributed by atoms with Crippen molar-refractivity contribution in [1.29, 1.82) is 0 Å². The van der Waals surface area contributed by atoms with E-state index in [9.17, 15) is 9.18 Å². The van der Waals surface area contributed by atoms with E-state index < -0.39 is 0 Å². The first-order chi connectivity index (χ1) is 19.0. The summed E-state index contributed by atoms with van der Waals surface area (Å²) in [5, 5.41) is 10.1. The molecule has 3 N–H and O–H groups in total. The minimum atomic E-state index is -0.318. The fourth-order valence-corrected chi connectivity index (χ4v) is 4.42. The monoisotopic (exact) mass is 550 g/mol. The first-order valence-electron chi connectivity index (χ1n) is 12.6. The highest BCUT2D eigenvalue weighted by molar-refractivity contribution is 6.32. The van der Waals surface area contributed by atoms with Crippen LogP contribution in [0.15, 0.2) is 67.0 Å². The second-order valence-electron chi connectivity index (χ2n) is 8.98. The molecule has 1 aliphatic heterocycles. The van der Waals surface area contributed by atoms with Crippen LogP contribution in [-0.2, 0) is 11.3 Å². The number of amides is 2. The number of morpholine rings is 1. The van der Waals surface area contributed by atoms with Crippen molar-refractivity contribution in [2.75, 3.05) is 50.0 Å². The Kier molecular flexibility index (Phi) is 8.67. The molecular weight excluding hydrogens is 523 g/mol. The summed E-state index contributed by atoms with van der Waals surface area (Å²) in [5.41, 5.74) is 2.73. The van der Waals surface area contributed by atoms with Gasteiger partial charge in [0.15, 0.2) is 0 Å². The molecule has 0 unspecified atom stereocenters. The molecule has 2 heterocycles. The number of hydrogen-bond donors (Lipinski definition) is 3. The van der Waals surface area contributed by atoms with Crippen LogP contribution < -0.4 is 20.7 Å². The topological polar surface area (TPSA) is 101 Å². The summed E-state index contributed by atoms with van der Waals surface area (Å²) in [6, 6.07) is 16.6. The fourth-order valence-electron chi connectivity index (χ4n) is 4.18. The molecule has 0 aliphatic carbocycles. The van der Waals surface area contributed by atoms with Gasteiger partial charge in [-0.2, -0.15) is 0 Å². The quantitative estimate of drug-likeness (QED) is 0.263. The predicted molar refractivity (Wildman–Crippen MR) is 149 cm³/mol. The van der Waals surface area contributed by atoms with Gasteiger partial charge >= 0.3 is 6.03 Å². The number of nitrogens with one attached hydrogen (secondary N) is 3. The standard InChI is InChI=1S/C28H28ClFN6O3/c29-24-16-22(5-7-26(24)39-17-19-2-1-3-20(30)14-19)34-27-23-15-21(4-6-25(23)32-18-33-27)35-28(37)31-8-9-36-10-12-38-13-11-36/h1-7,14-16,18H,8-13,17H2,(H2,31,35,37)(H,32,33,34). The highest BCUT2D eigenvalue weighted by atomic mass is 35.5. The van der Waals surface area contributed by atoms with Crippen LogP contribution in [0.25, 0.3) is 10.9 Å². The molecule has 5 rings (SSSR count). The minimum absolute atomic E-state index is 0.192. The van der Waals surface area contributed by atoms with E-state index >= 15 is 0 Å². The zero-order chi connectivity index (χ0) is 27.0.